The molecule has 1 aromatic heterocycles. The predicted molar refractivity (Wildman–Crippen MR) is 77.2 cm³/mol. The van der Waals surface area contributed by atoms with Crippen LogP contribution in [0.4, 0.5) is 0 Å². The van der Waals surface area contributed by atoms with Gasteiger partial charge >= 0.3 is 0 Å². The molecule has 1 amide bonds. The first kappa shape index (κ1) is 13.0. The Kier molecular flexibility index (Phi) is 3.36. The molecule has 3 rings (SSSR count). The van der Waals surface area contributed by atoms with Crippen LogP contribution in [0, 0.1) is 5.92 Å². The Labute approximate surface area is 117 Å². The molecule has 5 nitrogen and oxygen atoms in total. The number of likely N-dealkylation sites (tertiary alicyclic amines) is 1. The van der Waals surface area contributed by atoms with E-state index in [1.165, 1.54) is 0 Å². The van der Waals surface area contributed by atoms with Gasteiger partial charge in [-0.3, -0.25) is 14.8 Å². The summed E-state index contributed by atoms with van der Waals surface area (Å²) in [6.07, 6.45) is 4.23. The Morgan fingerprint density at radius 3 is 2.95 bits per heavy atom. The third-order valence-electron chi connectivity index (χ3n) is 3.98. The number of carbonyl (C=O) groups is 1. The summed E-state index contributed by atoms with van der Waals surface area (Å²) in [6, 6.07) is 5.77. The number of para-hydroxylation sites is 1. The molecule has 2 heterocycles. The standard InChI is InChI=1S/C15H18N4O/c1-10-7-11(8-16)9-19(10)15(20)12-3-2-4-13-14(12)18-6-5-17-13/h2-6,10-11H,7-9,16H2,1H3. The number of amides is 1. The molecule has 1 saturated heterocycles. The van der Waals surface area contributed by atoms with Crippen LogP contribution >= 0.6 is 0 Å². The van der Waals surface area contributed by atoms with E-state index in [4.69, 9.17) is 5.73 Å². The summed E-state index contributed by atoms with van der Waals surface area (Å²) in [5.74, 6) is 0.426. The lowest BCUT2D eigenvalue weighted by molar-refractivity contribution is 0.0745. The fraction of sp³-hybridized carbons (Fsp3) is 0.400. The molecule has 0 aliphatic carbocycles. The maximum absolute atomic E-state index is 12.8. The van der Waals surface area contributed by atoms with Gasteiger partial charge in [-0.15, -0.1) is 0 Å². The molecule has 2 unspecified atom stereocenters. The summed E-state index contributed by atoms with van der Waals surface area (Å²) in [5, 5.41) is 0. The summed E-state index contributed by atoms with van der Waals surface area (Å²) in [4.78, 5) is 23.2. The highest BCUT2D eigenvalue weighted by Gasteiger charge is 2.32. The van der Waals surface area contributed by atoms with E-state index in [2.05, 4.69) is 16.9 Å². The molecule has 5 heteroatoms. The zero-order chi connectivity index (χ0) is 14.1. The summed E-state index contributed by atoms with van der Waals surface area (Å²) in [6.45, 7) is 3.43. The second-order valence-electron chi connectivity index (χ2n) is 5.37. The molecule has 104 valence electrons. The molecule has 0 radical (unpaired) electrons. The molecule has 2 aromatic rings. The molecule has 0 spiro atoms. The fourth-order valence-electron chi connectivity index (χ4n) is 2.92. The van der Waals surface area contributed by atoms with Gasteiger partial charge in [0, 0.05) is 25.0 Å². The van der Waals surface area contributed by atoms with Crippen LogP contribution < -0.4 is 5.73 Å². The van der Waals surface area contributed by atoms with Crippen molar-refractivity contribution in [2.45, 2.75) is 19.4 Å². The van der Waals surface area contributed by atoms with Gasteiger partial charge in [0.05, 0.1) is 11.1 Å². The lowest BCUT2D eigenvalue weighted by Gasteiger charge is -2.22. The molecular weight excluding hydrogens is 252 g/mol. The topological polar surface area (TPSA) is 72.1 Å². The second-order valence-corrected chi connectivity index (χ2v) is 5.37. The van der Waals surface area contributed by atoms with Gasteiger partial charge in [-0.2, -0.15) is 0 Å². The van der Waals surface area contributed by atoms with Crippen molar-refractivity contribution in [2.75, 3.05) is 13.1 Å². The average Bonchev–Trinajstić information content (AvgIpc) is 2.87. The quantitative estimate of drug-likeness (QED) is 0.896. The van der Waals surface area contributed by atoms with Crippen LogP contribution in [0.25, 0.3) is 11.0 Å². The lowest BCUT2D eigenvalue weighted by atomic mass is 10.1. The van der Waals surface area contributed by atoms with E-state index in [0.29, 0.717) is 23.5 Å². The average molecular weight is 270 g/mol. The Bertz CT molecular complexity index is 637. The molecule has 0 saturated carbocycles. The molecule has 20 heavy (non-hydrogen) atoms. The Morgan fingerprint density at radius 2 is 2.20 bits per heavy atom. The number of carbonyl (C=O) groups excluding carboxylic acids is 1. The highest BCUT2D eigenvalue weighted by atomic mass is 16.2. The van der Waals surface area contributed by atoms with Crippen molar-refractivity contribution < 1.29 is 4.79 Å². The van der Waals surface area contributed by atoms with Crippen LogP contribution in [0.2, 0.25) is 0 Å². The SMILES string of the molecule is CC1CC(CN)CN1C(=O)c1cccc2nccnc12. The van der Waals surface area contributed by atoms with Gasteiger partial charge < -0.3 is 10.6 Å². The van der Waals surface area contributed by atoms with Gasteiger partial charge in [-0.25, -0.2) is 0 Å². The van der Waals surface area contributed by atoms with Crippen LogP contribution in [0.1, 0.15) is 23.7 Å². The van der Waals surface area contributed by atoms with Gasteiger partial charge in [0.1, 0.15) is 5.52 Å². The Hall–Kier alpha value is -2.01. The Balaban J connectivity index is 1.97. The number of hydrogen-bond donors (Lipinski definition) is 1. The van der Waals surface area contributed by atoms with E-state index < -0.39 is 0 Å². The van der Waals surface area contributed by atoms with Gasteiger partial charge in [0.2, 0.25) is 0 Å². The van der Waals surface area contributed by atoms with Crippen LogP contribution in [0.15, 0.2) is 30.6 Å². The van der Waals surface area contributed by atoms with Gasteiger partial charge in [-0.1, -0.05) is 6.07 Å². The number of benzene rings is 1. The summed E-state index contributed by atoms with van der Waals surface area (Å²) < 4.78 is 0. The zero-order valence-electron chi connectivity index (χ0n) is 11.5. The van der Waals surface area contributed by atoms with E-state index in [9.17, 15) is 4.79 Å². The number of aromatic nitrogens is 2. The second kappa shape index (κ2) is 5.17. The smallest absolute Gasteiger partial charge is 0.256 e. The minimum Gasteiger partial charge on any atom is -0.336 e. The number of nitrogens with two attached hydrogens (primary N) is 1. The van der Waals surface area contributed by atoms with Crippen molar-refractivity contribution >= 4 is 16.9 Å². The highest BCUT2D eigenvalue weighted by molar-refractivity contribution is 6.04. The summed E-state index contributed by atoms with van der Waals surface area (Å²) in [7, 11) is 0. The van der Waals surface area contributed by atoms with Crippen molar-refractivity contribution in [1.82, 2.24) is 14.9 Å². The van der Waals surface area contributed by atoms with Crippen molar-refractivity contribution in [3.63, 3.8) is 0 Å². The predicted octanol–water partition coefficient (Wildman–Crippen LogP) is 1.44. The van der Waals surface area contributed by atoms with Crippen LogP contribution in [0.5, 0.6) is 0 Å². The van der Waals surface area contributed by atoms with Crippen molar-refractivity contribution in [3.05, 3.63) is 36.2 Å². The molecule has 1 aliphatic heterocycles. The van der Waals surface area contributed by atoms with E-state index in [1.54, 1.807) is 12.4 Å². The monoisotopic (exact) mass is 270 g/mol. The normalized spacial score (nSPS) is 22.4. The molecule has 2 N–H and O–H groups in total. The minimum atomic E-state index is 0.0274. The zero-order valence-corrected chi connectivity index (χ0v) is 11.5. The number of nitrogens with zero attached hydrogens (tertiary/aromatic N) is 3. The van der Waals surface area contributed by atoms with Crippen molar-refractivity contribution in [3.8, 4) is 0 Å². The maximum Gasteiger partial charge on any atom is 0.256 e. The van der Waals surface area contributed by atoms with E-state index in [1.807, 2.05) is 23.1 Å². The molecule has 1 aliphatic rings. The minimum absolute atomic E-state index is 0.0274. The van der Waals surface area contributed by atoms with Gasteiger partial charge in [0.25, 0.3) is 5.91 Å². The van der Waals surface area contributed by atoms with E-state index >= 15 is 0 Å². The molecule has 0 bridgehead atoms. The first-order valence-corrected chi connectivity index (χ1v) is 6.91. The van der Waals surface area contributed by atoms with Crippen molar-refractivity contribution in [2.24, 2.45) is 11.7 Å². The van der Waals surface area contributed by atoms with Crippen LogP contribution in [-0.4, -0.2) is 39.9 Å². The molecule has 1 aromatic carbocycles. The lowest BCUT2D eigenvalue weighted by Crippen LogP contribution is -2.34. The third kappa shape index (κ3) is 2.14. The molecular formula is C15H18N4O. The summed E-state index contributed by atoms with van der Waals surface area (Å²) >= 11 is 0. The number of fused-ring (bicyclic) bond motifs is 1. The van der Waals surface area contributed by atoms with Crippen LogP contribution in [0.3, 0.4) is 0 Å². The van der Waals surface area contributed by atoms with Gasteiger partial charge in [0.15, 0.2) is 0 Å². The number of rotatable bonds is 2. The summed E-state index contributed by atoms with van der Waals surface area (Å²) in [5.41, 5.74) is 7.77. The number of hydrogen-bond acceptors (Lipinski definition) is 4. The largest absolute Gasteiger partial charge is 0.336 e. The first-order valence-electron chi connectivity index (χ1n) is 6.91. The Morgan fingerprint density at radius 1 is 1.40 bits per heavy atom. The fourth-order valence-corrected chi connectivity index (χ4v) is 2.92. The van der Waals surface area contributed by atoms with E-state index in [-0.39, 0.29) is 11.9 Å². The van der Waals surface area contributed by atoms with Gasteiger partial charge in [-0.05, 0) is 37.9 Å². The third-order valence-corrected chi connectivity index (χ3v) is 3.98. The molecule has 2 atom stereocenters. The molecule has 1 fully saturated rings. The maximum atomic E-state index is 12.8. The first-order chi connectivity index (χ1) is 9.70. The van der Waals surface area contributed by atoms with Crippen LogP contribution in [-0.2, 0) is 0 Å². The highest BCUT2D eigenvalue weighted by Crippen LogP contribution is 2.25. The van der Waals surface area contributed by atoms with Crippen molar-refractivity contribution in [1.29, 1.82) is 0 Å². The van der Waals surface area contributed by atoms with E-state index in [0.717, 1.165) is 18.5 Å².